The van der Waals surface area contributed by atoms with Crippen LogP contribution in [0, 0.1) is 0 Å². The number of benzene rings is 1. The Morgan fingerprint density at radius 1 is 1.28 bits per heavy atom. The molecule has 1 N–H and O–H groups in total. The highest BCUT2D eigenvalue weighted by Gasteiger charge is 2.32. The Morgan fingerprint density at radius 3 is 2.44 bits per heavy atom. The van der Waals surface area contributed by atoms with Gasteiger partial charge in [-0.25, -0.2) is 10.0 Å². The molecule has 0 spiro atoms. The Balaban J connectivity index is 2.54. The van der Waals surface area contributed by atoms with Gasteiger partial charge in [0.2, 0.25) is 0 Å². The molecule has 0 bridgehead atoms. The molecule has 1 aromatic rings. The van der Waals surface area contributed by atoms with Crippen molar-refractivity contribution in [2.45, 2.75) is 31.6 Å². The maximum absolute atomic E-state index is 9.72. The van der Waals surface area contributed by atoms with Gasteiger partial charge in [-0.2, -0.15) is 0 Å². The number of phenolic OH excluding ortho intramolecular Hbond substituents is 1. The molecule has 0 saturated carbocycles. The molecular formula is C14H24O2S2. The average molecular weight is 288 g/mol. The number of aryl methyl sites for hydroxylation is 1. The van der Waals surface area contributed by atoms with Crippen molar-refractivity contribution in [2.75, 3.05) is 18.3 Å². The molecule has 1 aromatic carbocycles. The van der Waals surface area contributed by atoms with E-state index in [2.05, 4.69) is 39.3 Å². The van der Waals surface area contributed by atoms with E-state index in [0.29, 0.717) is 5.75 Å². The third kappa shape index (κ3) is 3.84. The van der Waals surface area contributed by atoms with Crippen molar-refractivity contribution in [1.29, 1.82) is 0 Å². The minimum atomic E-state index is -0.873. The molecule has 18 heavy (non-hydrogen) atoms. The van der Waals surface area contributed by atoms with Crippen LogP contribution in [0.5, 0.6) is 5.75 Å². The lowest BCUT2D eigenvalue weighted by Gasteiger charge is -2.44. The fraction of sp³-hybridized carbons (Fsp3) is 0.571. The zero-order chi connectivity index (χ0) is 13.8. The van der Waals surface area contributed by atoms with Crippen LogP contribution < -0.4 is 0 Å². The first-order valence-electron chi connectivity index (χ1n) is 6.10. The molecular weight excluding hydrogens is 264 g/mol. The molecule has 0 aliphatic heterocycles. The third-order valence-electron chi connectivity index (χ3n) is 3.64. The Kier molecular flexibility index (Phi) is 5.44. The van der Waals surface area contributed by atoms with Gasteiger partial charge in [0, 0.05) is 0 Å². The van der Waals surface area contributed by atoms with E-state index in [9.17, 15) is 5.11 Å². The Morgan fingerprint density at radius 2 is 1.89 bits per heavy atom. The zero-order valence-corrected chi connectivity index (χ0v) is 13.4. The van der Waals surface area contributed by atoms with Crippen molar-refractivity contribution < 1.29 is 9.29 Å². The molecule has 0 atom stereocenters. The summed E-state index contributed by atoms with van der Waals surface area (Å²) in [4.78, 5) is -0.186. The molecule has 4 heteroatoms. The number of hydrogen-bond acceptors (Lipinski definition) is 3. The maximum Gasteiger partial charge on any atom is 0.118 e. The van der Waals surface area contributed by atoms with Crippen molar-refractivity contribution in [2.24, 2.45) is 0 Å². The predicted molar refractivity (Wildman–Crippen MR) is 84.9 cm³/mol. The highest BCUT2D eigenvalue weighted by Crippen LogP contribution is 2.54. The summed E-state index contributed by atoms with van der Waals surface area (Å²) in [5, 5.41) is 9.72. The predicted octanol–water partition coefficient (Wildman–Crippen LogP) is 3.99. The van der Waals surface area contributed by atoms with Crippen molar-refractivity contribution in [3.8, 4) is 5.75 Å². The molecule has 0 fully saturated rings. The summed E-state index contributed by atoms with van der Waals surface area (Å²) in [6.07, 6.45) is 6.51. The van der Waals surface area contributed by atoms with E-state index in [-0.39, 0.29) is 4.93 Å². The van der Waals surface area contributed by atoms with Crippen LogP contribution in [0.1, 0.15) is 25.8 Å². The van der Waals surface area contributed by atoms with Gasteiger partial charge < -0.3 is 9.29 Å². The maximum atomic E-state index is 9.72. The third-order valence-corrected chi connectivity index (χ3v) is 8.28. The molecule has 0 unspecified atom stereocenters. The molecule has 0 heterocycles. The first kappa shape index (κ1) is 15.7. The monoisotopic (exact) mass is 288 g/mol. The first-order valence-corrected chi connectivity index (χ1v) is 9.08. The summed E-state index contributed by atoms with van der Waals surface area (Å²) in [5.41, 5.74) is 1.03. The molecule has 104 valence electrons. The van der Waals surface area contributed by atoms with Gasteiger partial charge in [-0.3, -0.25) is 0 Å². The molecule has 0 aromatic heterocycles. The van der Waals surface area contributed by atoms with Gasteiger partial charge in [0.15, 0.2) is 0 Å². The van der Waals surface area contributed by atoms with Crippen molar-refractivity contribution in [1.82, 2.24) is 0 Å². The van der Waals surface area contributed by atoms with E-state index in [0.717, 1.165) is 24.2 Å². The first-order chi connectivity index (χ1) is 8.30. The summed E-state index contributed by atoms with van der Waals surface area (Å²) >= 11 is 3.98. The topological polar surface area (TPSA) is 29.5 Å². The molecule has 2 nitrogen and oxygen atoms in total. The van der Waals surface area contributed by atoms with Gasteiger partial charge in [0.25, 0.3) is 0 Å². The van der Waals surface area contributed by atoms with Crippen LogP contribution in [-0.2, 0) is 10.6 Å². The minimum absolute atomic E-state index is 0.186. The number of hydrogen-bond donors (Lipinski definition) is 2. The van der Waals surface area contributed by atoms with E-state index in [1.54, 1.807) is 6.07 Å². The van der Waals surface area contributed by atoms with Gasteiger partial charge in [0.1, 0.15) is 10.7 Å². The minimum Gasteiger partial charge on any atom is -0.508 e. The number of aromatic hydroxyl groups is 1. The molecule has 0 amide bonds. The Hall–Kier alpha value is -0.320. The molecule has 0 saturated heterocycles. The standard InChI is InChI=1S/C14H24O2S2/c1-14(2,16-17)18(3,4)11-7-9-12-8-5-6-10-13(12)15/h5-6,8,10,15,17H,7,9,11H2,1-4H3. The molecule has 0 aliphatic rings. The van der Waals surface area contributed by atoms with Crippen LogP contribution in [0.2, 0.25) is 0 Å². The summed E-state index contributed by atoms with van der Waals surface area (Å²) < 4.78 is 5.31. The van der Waals surface area contributed by atoms with Crippen LogP contribution in [0.15, 0.2) is 24.3 Å². The lowest BCUT2D eigenvalue weighted by atomic mass is 10.1. The van der Waals surface area contributed by atoms with Crippen LogP contribution in [0.25, 0.3) is 0 Å². The van der Waals surface area contributed by atoms with Gasteiger partial charge in [-0.15, -0.1) is 0 Å². The highest BCUT2D eigenvalue weighted by atomic mass is 32.3. The van der Waals surface area contributed by atoms with Gasteiger partial charge in [-0.05, 0) is 69.5 Å². The second kappa shape index (κ2) is 6.22. The summed E-state index contributed by atoms with van der Waals surface area (Å²) in [5.74, 6) is 1.50. The van der Waals surface area contributed by atoms with E-state index < -0.39 is 10.0 Å². The molecule has 0 radical (unpaired) electrons. The van der Waals surface area contributed by atoms with E-state index in [1.165, 1.54) is 0 Å². The van der Waals surface area contributed by atoms with Crippen LogP contribution in [-0.4, -0.2) is 28.3 Å². The van der Waals surface area contributed by atoms with E-state index in [4.69, 9.17) is 4.18 Å². The smallest absolute Gasteiger partial charge is 0.118 e. The quantitative estimate of drug-likeness (QED) is 0.612. The largest absolute Gasteiger partial charge is 0.508 e. The Labute approximate surface area is 118 Å². The number of thiol groups is 1. The van der Waals surface area contributed by atoms with Crippen LogP contribution in [0.3, 0.4) is 0 Å². The number of para-hydroxylation sites is 1. The molecule has 0 aliphatic carbocycles. The van der Waals surface area contributed by atoms with Gasteiger partial charge in [0.05, 0.1) is 0 Å². The van der Waals surface area contributed by atoms with Crippen molar-refractivity contribution in [3.05, 3.63) is 29.8 Å². The Bertz CT molecular complexity index is 389. The number of phenols is 1. The second-order valence-electron chi connectivity index (χ2n) is 5.47. The normalized spacial score (nSPS) is 13.6. The summed E-state index contributed by atoms with van der Waals surface area (Å²) in [7, 11) is -0.873. The number of rotatable bonds is 6. The zero-order valence-electron chi connectivity index (χ0n) is 11.6. The fourth-order valence-corrected chi connectivity index (χ4v) is 3.86. The van der Waals surface area contributed by atoms with Gasteiger partial charge in [-0.1, -0.05) is 18.2 Å². The van der Waals surface area contributed by atoms with Crippen molar-refractivity contribution >= 4 is 22.9 Å². The van der Waals surface area contributed by atoms with E-state index in [1.807, 2.05) is 18.2 Å². The second-order valence-corrected chi connectivity index (χ2v) is 10.1. The van der Waals surface area contributed by atoms with E-state index >= 15 is 0 Å². The van der Waals surface area contributed by atoms with Crippen LogP contribution in [0.4, 0.5) is 0 Å². The summed E-state index contributed by atoms with van der Waals surface area (Å²) in [6, 6.07) is 7.55. The molecule has 1 rings (SSSR count). The highest BCUT2D eigenvalue weighted by molar-refractivity contribution is 8.33. The van der Waals surface area contributed by atoms with Gasteiger partial charge >= 0.3 is 0 Å². The SMILES string of the molecule is CC(C)(OS)S(C)(C)CCCc1ccccc1O. The fourth-order valence-electron chi connectivity index (χ4n) is 1.69. The lowest BCUT2D eigenvalue weighted by Crippen LogP contribution is -2.30. The lowest BCUT2D eigenvalue weighted by molar-refractivity contribution is 0.250. The summed E-state index contributed by atoms with van der Waals surface area (Å²) in [6.45, 7) is 4.19. The average Bonchev–Trinajstić information content (AvgIpc) is 2.31. The van der Waals surface area contributed by atoms with Crippen LogP contribution >= 0.6 is 22.9 Å². The van der Waals surface area contributed by atoms with Crippen molar-refractivity contribution in [3.63, 3.8) is 0 Å².